The average molecular weight is 511 g/mol. The monoisotopic (exact) mass is 510 g/mol. The van der Waals surface area contributed by atoms with Crippen LogP contribution >= 0.6 is 11.6 Å². The van der Waals surface area contributed by atoms with Crippen LogP contribution in [0, 0.1) is 5.82 Å². The minimum absolute atomic E-state index is 0.130. The zero-order chi connectivity index (χ0) is 25.3. The third-order valence-electron chi connectivity index (χ3n) is 6.02. The van der Waals surface area contributed by atoms with E-state index in [1.807, 2.05) is 0 Å². The van der Waals surface area contributed by atoms with Crippen LogP contribution in [0.2, 0.25) is 0 Å². The number of likely N-dealkylation sites (tertiary alicyclic amines) is 1. The van der Waals surface area contributed by atoms with Gasteiger partial charge in [-0.1, -0.05) is 18.2 Å². The highest BCUT2D eigenvalue weighted by Crippen LogP contribution is 2.35. The highest BCUT2D eigenvalue weighted by molar-refractivity contribution is 6.22. The normalized spacial score (nSPS) is 21.9. The number of hydrogen-bond donors (Lipinski definition) is 2. The summed E-state index contributed by atoms with van der Waals surface area (Å²) in [6, 6.07) is 5.45. The number of nitrogens with zero attached hydrogens (tertiary/aromatic N) is 2. The molecule has 1 aliphatic heterocycles. The lowest BCUT2D eigenvalue weighted by Gasteiger charge is -2.39. The highest BCUT2D eigenvalue weighted by atomic mass is 35.5. The van der Waals surface area contributed by atoms with Crippen LogP contribution in [-0.2, 0) is 17.4 Å². The Hall–Kier alpha value is -3.14. The molecule has 1 fully saturated rings. The molecule has 0 saturated carbocycles. The van der Waals surface area contributed by atoms with Crippen molar-refractivity contribution < 1.29 is 27.2 Å². The fourth-order valence-corrected chi connectivity index (χ4v) is 4.60. The van der Waals surface area contributed by atoms with E-state index in [-0.39, 0.29) is 42.4 Å². The number of halogens is 5. The number of aromatic nitrogens is 1. The topological polar surface area (TPSA) is 74.3 Å². The molecule has 186 valence electrons. The smallest absolute Gasteiger partial charge is 0.380 e. The number of carbonyl (C=O) groups is 2. The van der Waals surface area contributed by atoms with E-state index in [0.717, 1.165) is 6.07 Å². The molecule has 2 amide bonds. The van der Waals surface area contributed by atoms with Crippen LogP contribution in [0.25, 0.3) is 6.08 Å². The Kier molecular flexibility index (Phi) is 7.02. The maximum absolute atomic E-state index is 14.0. The molecule has 1 aromatic heterocycles. The van der Waals surface area contributed by atoms with Gasteiger partial charge in [-0.15, -0.1) is 11.6 Å². The van der Waals surface area contributed by atoms with E-state index in [1.165, 1.54) is 42.2 Å². The molecule has 1 unspecified atom stereocenters. The predicted molar refractivity (Wildman–Crippen MR) is 124 cm³/mol. The van der Waals surface area contributed by atoms with Gasteiger partial charge < -0.3 is 15.5 Å². The van der Waals surface area contributed by atoms with E-state index in [1.54, 1.807) is 6.08 Å². The highest BCUT2D eigenvalue weighted by Gasteiger charge is 2.36. The summed E-state index contributed by atoms with van der Waals surface area (Å²) in [6.07, 6.45) is -0.990. The minimum Gasteiger partial charge on any atom is -0.380 e. The van der Waals surface area contributed by atoms with Crippen LogP contribution in [-0.4, -0.2) is 52.2 Å². The fraction of sp³-hybridized carbons (Fsp3) is 0.375. The Balaban J connectivity index is 1.59. The largest absolute Gasteiger partial charge is 0.433 e. The van der Waals surface area contributed by atoms with Gasteiger partial charge in [-0.25, -0.2) is 9.37 Å². The first kappa shape index (κ1) is 25.0. The lowest BCUT2D eigenvalue weighted by Crippen LogP contribution is -2.55. The van der Waals surface area contributed by atoms with E-state index in [2.05, 4.69) is 15.6 Å². The lowest BCUT2D eigenvalue weighted by molar-refractivity contribution is -0.141. The van der Waals surface area contributed by atoms with Crippen LogP contribution in [0.3, 0.4) is 0 Å². The van der Waals surface area contributed by atoms with Crippen molar-refractivity contribution in [1.82, 2.24) is 15.2 Å². The standard InChI is InChI=1S/C24H23ClF4N4O2/c1-13(34)33-11-15(9-16(12-33)31-23(35)17-4-2-3-5-19(17)26)30-21-10-22(24(27,28)29)32-20-7-6-14(25)8-18(20)21/h2-7,10,14-16H,8-9,11-12H2,1H3,(H,30,32)(H,31,35)/t14?,15-,16+/m1/s1. The maximum Gasteiger partial charge on any atom is 0.433 e. The second-order valence-electron chi connectivity index (χ2n) is 8.65. The number of pyridine rings is 1. The van der Waals surface area contributed by atoms with Crippen molar-refractivity contribution in [3.05, 3.63) is 64.7 Å². The Bertz CT molecular complexity index is 1170. The zero-order valence-corrected chi connectivity index (χ0v) is 19.5. The van der Waals surface area contributed by atoms with Crippen LogP contribution in [0.15, 0.2) is 36.4 Å². The van der Waals surface area contributed by atoms with Crippen LogP contribution in [0.5, 0.6) is 0 Å². The van der Waals surface area contributed by atoms with Gasteiger partial charge in [-0.2, -0.15) is 13.2 Å². The van der Waals surface area contributed by atoms with Crippen molar-refractivity contribution in [3.63, 3.8) is 0 Å². The second-order valence-corrected chi connectivity index (χ2v) is 9.21. The molecule has 0 spiro atoms. The van der Waals surface area contributed by atoms with E-state index < -0.39 is 41.1 Å². The van der Waals surface area contributed by atoms with Gasteiger partial charge in [0.25, 0.3) is 5.91 Å². The number of fused-ring (bicyclic) bond motifs is 1. The first-order valence-corrected chi connectivity index (χ1v) is 11.5. The summed E-state index contributed by atoms with van der Waals surface area (Å²) in [7, 11) is 0. The molecule has 0 radical (unpaired) electrons. The minimum atomic E-state index is -4.65. The fourth-order valence-electron chi connectivity index (χ4n) is 4.37. The molecular weight excluding hydrogens is 488 g/mol. The first-order chi connectivity index (χ1) is 16.5. The summed E-state index contributed by atoms with van der Waals surface area (Å²) >= 11 is 6.21. The van der Waals surface area contributed by atoms with E-state index >= 15 is 0 Å². The third kappa shape index (κ3) is 5.75. The van der Waals surface area contributed by atoms with Gasteiger partial charge in [-0.05, 0) is 37.1 Å². The van der Waals surface area contributed by atoms with Crippen molar-refractivity contribution in [2.24, 2.45) is 0 Å². The molecule has 2 N–H and O–H groups in total. The van der Waals surface area contributed by atoms with Gasteiger partial charge in [0.1, 0.15) is 11.5 Å². The van der Waals surface area contributed by atoms with Crippen LogP contribution < -0.4 is 10.6 Å². The molecule has 1 aliphatic carbocycles. The SMILES string of the molecule is CC(=O)N1C[C@@H](NC(=O)c2ccccc2F)C[C@@H](Nc2cc(C(F)(F)F)nc3c2CC(Cl)C=C3)C1. The summed E-state index contributed by atoms with van der Waals surface area (Å²) in [5.41, 5.74) is -0.211. The number of nitrogens with one attached hydrogen (secondary N) is 2. The second kappa shape index (κ2) is 9.85. The Morgan fingerprint density at radius 2 is 1.89 bits per heavy atom. The van der Waals surface area contributed by atoms with Crippen LogP contribution in [0.4, 0.5) is 23.2 Å². The van der Waals surface area contributed by atoms with Crippen molar-refractivity contribution in [3.8, 4) is 0 Å². The van der Waals surface area contributed by atoms with Gasteiger partial charge >= 0.3 is 6.18 Å². The summed E-state index contributed by atoms with van der Waals surface area (Å²) in [5.74, 6) is -1.56. The maximum atomic E-state index is 14.0. The molecule has 2 aliphatic rings. The van der Waals surface area contributed by atoms with E-state index in [4.69, 9.17) is 11.6 Å². The van der Waals surface area contributed by atoms with Crippen LogP contribution in [0.1, 0.15) is 40.7 Å². The van der Waals surface area contributed by atoms with Gasteiger partial charge in [-0.3, -0.25) is 9.59 Å². The van der Waals surface area contributed by atoms with Gasteiger partial charge in [0.2, 0.25) is 5.91 Å². The number of alkyl halides is 4. The molecule has 4 rings (SSSR count). The van der Waals surface area contributed by atoms with Crippen molar-refractivity contribution in [2.75, 3.05) is 18.4 Å². The Labute approximate surface area is 204 Å². The van der Waals surface area contributed by atoms with Crippen molar-refractivity contribution >= 4 is 35.2 Å². The number of amides is 2. The third-order valence-corrected chi connectivity index (χ3v) is 6.32. The zero-order valence-electron chi connectivity index (χ0n) is 18.7. The molecular formula is C24H23ClF4N4O2. The van der Waals surface area contributed by atoms with Gasteiger partial charge in [0.05, 0.1) is 16.6 Å². The number of hydrogen-bond acceptors (Lipinski definition) is 4. The van der Waals surface area contributed by atoms with Crippen molar-refractivity contribution in [1.29, 1.82) is 0 Å². The van der Waals surface area contributed by atoms with Gasteiger partial charge in [0.15, 0.2) is 0 Å². The number of anilines is 1. The molecule has 2 heterocycles. The molecule has 3 atom stereocenters. The number of allylic oxidation sites excluding steroid dienone is 1. The van der Waals surface area contributed by atoms with Crippen molar-refractivity contribution in [2.45, 2.75) is 43.4 Å². The quantitative estimate of drug-likeness (QED) is 0.476. The van der Waals surface area contributed by atoms with E-state index in [9.17, 15) is 27.2 Å². The molecule has 11 heteroatoms. The van der Waals surface area contributed by atoms with E-state index in [0.29, 0.717) is 12.0 Å². The summed E-state index contributed by atoms with van der Waals surface area (Å²) in [5, 5.41) is 5.48. The first-order valence-electron chi connectivity index (χ1n) is 11.0. The molecule has 2 aromatic rings. The molecule has 1 aromatic carbocycles. The molecule has 1 saturated heterocycles. The Morgan fingerprint density at radius 3 is 2.57 bits per heavy atom. The predicted octanol–water partition coefficient (Wildman–Crippen LogP) is 4.25. The number of piperidine rings is 1. The number of benzene rings is 1. The lowest BCUT2D eigenvalue weighted by atomic mass is 9.96. The number of carbonyl (C=O) groups excluding carboxylic acids is 2. The molecule has 0 bridgehead atoms. The Morgan fingerprint density at radius 1 is 1.17 bits per heavy atom. The number of rotatable bonds is 4. The van der Waals surface area contributed by atoms with Gasteiger partial charge in [0, 0.05) is 43.3 Å². The summed E-state index contributed by atoms with van der Waals surface area (Å²) in [6.45, 7) is 1.79. The average Bonchev–Trinajstić information content (AvgIpc) is 2.78. The summed E-state index contributed by atoms with van der Waals surface area (Å²) < 4.78 is 54.5. The summed E-state index contributed by atoms with van der Waals surface area (Å²) in [4.78, 5) is 30.0. The molecule has 35 heavy (non-hydrogen) atoms. The molecule has 6 nitrogen and oxygen atoms in total.